The molecule has 0 bridgehead atoms. The second-order valence-corrected chi connectivity index (χ2v) is 6.80. The van der Waals surface area contributed by atoms with Gasteiger partial charge in [-0.15, -0.1) is 0 Å². The van der Waals surface area contributed by atoms with E-state index in [4.69, 9.17) is 4.74 Å². The fraction of sp³-hybridized carbons (Fsp3) is 0.474. The topological polar surface area (TPSA) is 62.6 Å². The van der Waals surface area contributed by atoms with E-state index in [1.807, 2.05) is 24.1 Å². The number of hydrogen-bond donors (Lipinski definition) is 1. The maximum atomic E-state index is 13.5. The lowest BCUT2D eigenvalue weighted by atomic mass is 10.1. The molecule has 2 aromatic rings. The first-order chi connectivity index (χ1) is 13.0. The maximum absolute atomic E-state index is 13.5. The Balaban J connectivity index is 1.47. The molecule has 2 heterocycles. The normalized spacial score (nSPS) is 16.2. The summed E-state index contributed by atoms with van der Waals surface area (Å²) >= 11 is 0. The number of nitrogens with zero attached hydrogens (tertiary/aromatic N) is 4. The number of urea groups is 1. The van der Waals surface area contributed by atoms with Crippen molar-refractivity contribution in [3.05, 3.63) is 48.0 Å². The van der Waals surface area contributed by atoms with E-state index in [0.29, 0.717) is 31.9 Å². The molecule has 2 amide bonds. The van der Waals surface area contributed by atoms with Crippen LogP contribution in [-0.2, 0) is 13.1 Å². The van der Waals surface area contributed by atoms with Gasteiger partial charge < -0.3 is 15.0 Å². The number of hydrogen-bond acceptors (Lipinski definition) is 4. The number of benzene rings is 1. The lowest BCUT2D eigenvalue weighted by Gasteiger charge is -2.35. The molecule has 8 heteroatoms. The second kappa shape index (κ2) is 8.85. The predicted molar refractivity (Wildman–Crippen MR) is 100 cm³/mol. The van der Waals surface area contributed by atoms with Crippen LogP contribution in [0.1, 0.15) is 12.5 Å². The number of ether oxygens (including phenoxy) is 1. The van der Waals surface area contributed by atoms with Crippen molar-refractivity contribution in [1.82, 2.24) is 24.9 Å². The monoisotopic (exact) mass is 375 g/mol. The van der Waals surface area contributed by atoms with E-state index in [1.165, 1.54) is 12.1 Å². The highest BCUT2D eigenvalue weighted by atomic mass is 19.1. The number of nitrogens with one attached hydrogen (secondary N) is 1. The number of carbonyl (C=O) groups is 1. The van der Waals surface area contributed by atoms with Crippen LogP contribution in [0.4, 0.5) is 9.18 Å². The summed E-state index contributed by atoms with van der Waals surface area (Å²) in [5.74, 6) is 0.416. The Morgan fingerprint density at radius 1 is 1.33 bits per heavy atom. The van der Waals surface area contributed by atoms with Crippen molar-refractivity contribution in [3.63, 3.8) is 0 Å². The zero-order valence-corrected chi connectivity index (χ0v) is 15.8. The Morgan fingerprint density at radius 2 is 2.11 bits per heavy atom. The minimum Gasteiger partial charge on any atom is -0.496 e. The van der Waals surface area contributed by atoms with E-state index >= 15 is 0 Å². The zero-order chi connectivity index (χ0) is 19.2. The van der Waals surface area contributed by atoms with E-state index in [0.717, 1.165) is 18.7 Å². The van der Waals surface area contributed by atoms with Gasteiger partial charge in [-0.1, -0.05) is 0 Å². The Hall–Kier alpha value is -2.61. The van der Waals surface area contributed by atoms with Crippen LogP contribution in [-0.4, -0.2) is 64.9 Å². The maximum Gasteiger partial charge on any atom is 0.317 e. The van der Waals surface area contributed by atoms with E-state index in [1.54, 1.807) is 24.1 Å². The predicted octanol–water partition coefficient (Wildman–Crippen LogP) is 1.95. The van der Waals surface area contributed by atoms with Crippen LogP contribution >= 0.6 is 0 Å². The molecule has 1 aromatic heterocycles. The van der Waals surface area contributed by atoms with Gasteiger partial charge in [0.2, 0.25) is 0 Å². The summed E-state index contributed by atoms with van der Waals surface area (Å²) < 4.78 is 20.6. The van der Waals surface area contributed by atoms with Crippen molar-refractivity contribution in [1.29, 1.82) is 0 Å². The van der Waals surface area contributed by atoms with Crippen LogP contribution in [0.2, 0.25) is 0 Å². The van der Waals surface area contributed by atoms with Crippen LogP contribution in [0, 0.1) is 5.82 Å². The van der Waals surface area contributed by atoms with Gasteiger partial charge in [0.1, 0.15) is 11.6 Å². The number of carbonyl (C=O) groups excluding carboxylic acids is 1. The fourth-order valence-corrected chi connectivity index (χ4v) is 3.26. The van der Waals surface area contributed by atoms with Gasteiger partial charge in [-0.2, -0.15) is 5.10 Å². The van der Waals surface area contributed by atoms with Gasteiger partial charge in [0.05, 0.1) is 13.7 Å². The molecule has 0 spiro atoms. The van der Waals surface area contributed by atoms with E-state index in [2.05, 4.69) is 15.3 Å². The van der Waals surface area contributed by atoms with Crippen LogP contribution < -0.4 is 10.1 Å². The van der Waals surface area contributed by atoms with Crippen LogP contribution in [0.5, 0.6) is 5.75 Å². The van der Waals surface area contributed by atoms with E-state index < -0.39 is 0 Å². The van der Waals surface area contributed by atoms with Gasteiger partial charge in [0, 0.05) is 56.7 Å². The summed E-state index contributed by atoms with van der Waals surface area (Å²) in [6.07, 6.45) is 3.60. The van der Waals surface area contributed by atoms with Gasteiger partial charge in [-0.05, 0) is 31.2 Å². The highest BCUT2D eigenvalue weighted by molar-refractivity contribution is 5.74. The summed E-state index contributed by atoms with van der Waals surface area (Å²) in [7, 11) is 1.59. The van der Waals surface area contributed by atoms with Crippen molar-refractivity contribution < 1.29 is 13.9 Å². The quantitative estimate of drug-likeness (QED) is 0.838. The first kappa shape index (κ1) is 19.2. The first-order valence-corrected chi connectivity index (χ1v) is 9.13. The number of halogens is 1. The molecule has 1 atom stereocenters. The molecular weight excluding hydrogens is 349 g/mol. The molecule has 0 saturated carbocycles. The molecule has 146 valence electrons. The standard InChI is InChI=1S/C19H26FN5O2/c1-15(13-25-7-3-6-21-25)22-19(26)24-10-8-23(9-11-24)14-16-12-17(20)4-5-18(16)27-2/h3-7,12,15H,8-11,13-14H2,1-2H3,(H,22,26). The molecule has 1 fully saturated rings. The lowest BCUT2D eigenvalue weighted by Crippen LogP contribution is -2.53. The van der Waals surface area contributed by atoms with Gasteiger partial charge in [0.15, 0.2) is 0 Å². The molecule has 27 heavy (non-hydrogen) atoms. The minimum atomic E-state index is -0.269. The highest BCUT2D eigenvalue weighted by Gasteiger charge is 2.23. The number of amides is 2. The van der Waals surface area contributed by atoms with Crippen LogP contribution in [0.15, 0.2) is 36.7 Å². The van der Waals surface area contributed by atoms with Crippen molar-refractivity contribution in [2.75, 3.05) is 33.3 Å². The summed E-state index contributed by atoms with van der Waals surface area (Å²) in [5.41, 5.74) is 0.822. The Kier molecular flexibility index (Phi) is 6.28. The molecule has 3 rings (SSSR count). The third-order valence-corrected chi connectivity index (χ3v) is 4.69. The van der Waals surface area contributed by atoms with Crippen LogP contribution in [0.25, 0.3) is 0 Å². The molecule has 7 nitrogen and oxygen atoms in total. The molecule has 0 aliphatic carbocycles. The largest absolute Gasteiger partial charge is 0.496 e. The molecule has 1 unspecified atom stereocenters. The average Bonchev–Trinajstić information content (AvgIpc) is 3.15. The van der Waals surface area contributed by atoms with Gasteiger partial charge in [0.25, 0.3) is 0 Å². The Bertz CT molecular complexity index is 745. The second-order valence-electron chi connectivity index (χ2n) is 6.80. The molecule has 0 radical (unpaired) electrons. The number of rotatable bonds is 6. The molecule has 1 aromatic carbocycles. The Labute approximate surface area is 158 Å². The molecule has 1 aliphatic rings. The lowest BCUT2D eigenvalue weighted by molar-refractivity contribution is 0.132. The van der Waals surface area contributed by atoms with E-state index in [-0.39, 0.29) is 17.9 Å². The summed E-state index contributed by atoms with van der Waals surface area (Å²) in [6, 6.07) is 6.35. The van der Waals surface area contributed by atoms with Crippen LogP contribution in [0.3, 0.4) is 0 Å². The molecule has 1 N–H and O–H groups in total. The first-order valence-electron chi connectivity index (χ1n) is 9.13. The van der Waals surface area contributed by atoms with Crippen molar-refractivity contribution in [2.45, 2.75) is 26.1 Å². The highest BCUT2D eigenvalue weighted by Crippen LogP contribution is 2.21. The number of piperazine rings is 1. The fourth-order valence-electron chi connectivity index (χ4n) is 3.26. The van der Waals surface area contributed by atoms with Gasteiger partial charge in [-0.3, -0.25) is 9.58 Å². The summed E-state index contributed by atoms with van der Waals surface area (Å²) in [5, 5.41) is 7.17. The Morgan fingerprint density at radius 3 is 2.78 bits per heavy atom. The average molecular weight is 375 g/mol. The van der Waals surface area contributed by atoms with Crippen molar-refractivity contribution in [3.8, 4) is 5.75 Å². The van der Waals surface area contributed by atoms with Crippen molar-refractivity contribution in [2.24, 2.45) is 0 Å². The van der Waals surface area contributed by atoms with Crippen molar-refractivity contribution >= 4 is 6.03 Å². The number of methoxy groups -OCH3 is 1. The molecular formula is C19H26FN5O2. The van der Waals surface area contributed by atoms with Gasteiger partial charge in [-0.25, -0.2) is 9.18 Å². The third kappa shape index (κ3) is 5.19. The van der Waals surface area contributed by atoms with Gasteiger partial charge >= 0.3 is 6.03 Å². The summed E-state index contributed by atoms with van der Waals surface area (Å²) in [6.45, 7) is 5.95. The molecule has 1 saturated heterocycles. The van der Waals surface area contributed by atoms with E-state index in [9.17, 15) is 9.18 Å². The minimum absolute atomic E-state index is 0.00742. The smallest absolute Gasteiger partial charge is 0.317 e. The number of aromatic nitrogens is 2. The zero-order valence-electron chi connectivity index (χ0n) is 15.8. The summed E-state index contributed by atoms with van der Waals surface area (Å²) in [4.78, 5) is 16.5. The molecule has 1 aliphatic heterocycles. The third-order valence-electron chi connectivity index (χ3n) is 4.69. The SMILES string of the molecule is COc1ccc(F)cc1CN1CCN(C(=O)NC(C)Cn2cccn2)CC1.